The Balaban J connectivity index is 2.21. The van der Waals surface area contributed by atoms with Crippen LogP contribution in [0.3, 0.4) is 0 Å². The van der Waals surface area contributed by atoms with Gasteiger partial charge in [-0.2, -0.15) is 0 Å². The third-order valence-electron chi connectivity index (χ3n) is 4.95. The molecule has 4 nitrogen and oxygen atoms in total. The Morgan fingerprint density at radius 2 is 1.85 bits per heavy atom. The fourth-order valence-electron chi connectivity index (χ4n) is 2.98. The maximum Gasteiger partial charge on any atom is 0.237 e. The van der Waals surface area contributed by atoms with E-state index in [-0.39, 0.29) is 0 Å². The highest BCUT2D eigenvalue weighted by Crippen LogP contribution is 2.36. The van der Waals surface area contributed by atoms with E-state index in [1.165, 1.54) is 25.7 Å². The fraction of sp³-hybridized carbons (Fsp3) is 0.938. The summed E-state index contributed by atoms with van der Waals surface area (Å²) < 4.78 is 0. The lowest BCUT2D eigenvalue weighted by Crippen LogP contribution is -2.49. The van der Waals surface area contributed by atoms with Crippen molar-refractivity contribution in [3.63, 3.8) is 0 Å². The van der Waals surface area contributed by atoms with E-state index in [0.29, 0.717) is 11.8 Å². The molecule has 0 bridgehead atoms. The topological polar surface area (TPSA) is 72.3 Å². The normalized spacial score (nSPS) is 22.7. The second-order valence-corrected chi connectivity index (χ2v) is 7.61. The number of unbranched alkanes of at least 4 members (excludes halogenated alkanes) is 1. The number of hydrogen-bond donors (Lipinski definition) is 2. The lowest BCUT2D eigenvalue weighted by atomic mass is 9.75. The largest absolute Gasteiger partial charge is 0.368 e. The van der Waals surface area contributed by atoms with Crippen molar-refractivity contribution in [2.75, 3.05) is 13.6 Å². The Bertz CT molecular complexity index is 316. The minimum absolute atomic E-state index is 0.402. The third kappa shape index (κ3) is 5.41. The van der Waals surface area contributed by atoms with Gasteiger partial charge < -0.3 is 16.4 Å². The van der Waals surface area contributed by atoms with Gasteiger partial charge in [-0.1, -0.05) is 13.8 Å². The SMILES string of the molecule is CN(CCCCC(C)(N)C(N)=O)C1CCC(C)(C)CC1. The van der Waals surface area contributed by atoms with Gasteiger partial charge in [0.05, 0.1) is 5.54 Å². The molecule has 0 aromatic heterocycles. The van der Waals surface area contributed by atoms with Crippen molar-refractivity contribution in [3.05, 3.63) is 0 Å². The standard InChI is InChI=1S/C16H33N3O/c1-15(2)10-7-13(8-11-15)19(4)12-6-5-9-16(3,18)14(17)20/h13H,5-12,18H2,1-4H3,(H2,17,20). The number of carbonyl (C=O) groups is 1. The van der Waals surface area contributed by atoms with Crippen LogP contribution in [0.4, 0.5) is 0 Å². The van der Waals surface area contributed by atoms with Crippen molar-refractivity contribution in [1.29, 1.82) is 0 Å². The lowest BCUT2D eigenvalue weighted by Gasteiger charge is -2.38. The smallest absolute Gasteiger partial charge is 0.237 e. The molecule has 4 N–H and O–H groups in total. The molecule has 0 heterocycles. The number of primary amides is 1. The van der Waals surface area contributed by atoms with Crippen molar-refractivity contribution in [2.45, 2.75) is 77.3 Å². The number of amides is 1. The summed E-state index contributed by atoms with van der Waals surface area (Å²) in [5.74, 6) is -0.402. The summed E-state index contributed by atoms with van der Waals surface area (Å²) >= 11 is 0. The Morgan fingerprint density at radius 3 is 2.35 bits per heavy atom. The van der Waals surface area contributed by atoms with Gasteiger partial charge in [0.2, 0.25) is 5.91 Å². The average Bonchev–Trinajstić information content (AvgIpc) is 2.34. The van der Waals surface area contributed by atoms with Crippen molar-refractivity contribution in [3.8, 4) is 0 Å². The minimum Gasteiger partial charge on any atom is -0.368 e. The van der Waals surface area contributed by atoms with E-state index in [2.05, 4.69) is 25.8 Å². The molecule has 1 aliphatic rings. The Morgan fingerprint density at radius 1 is 1.30 bits per heavy atom. The van der Waals surface area contributed by atoms with Crippen LogP contribution >= 0.6 is 0 Å². The van der Waals surface area contributed by atoms with Gasteiger partial charge in [-0.15, -0.1) is 0 Å². The molecule has 1 unspecified atom stereocenters. The van der Waals surface area contributed by atoms with Gasteiger partial charge >= 0.3 is 0 Å². The highest BCUT2D eigenvalue weighted by molar-refractivity contribution is 5.83. The molecule has 0 aliphatic heterocycles. The first-order valence-electron chi connectivity index (χ1n) is 7.93. The van der Waals surface area contributed by atoms with Crippen LogP contribution in [0.2, 0.25) is 0 Å². The van der Waals surface area contributed by atoms with Gasteiger partial charge in [0, 0.05) is 6.04 Å². The average molecular weight is 283 g/mol. The number of carbonyl (C=O) groups excluding carboxylic acids is 1. The summed E-state index contributed by atoms with van der Waals surface area (Å²) in [4.78, 5) is 13.6. The molecule has 0 radical (unpaired) electrons. The first-order valence-corrected chi connectivity index (χ1v) is 7.93. The van der Waals surface area contributed by atoms with Crippen LogP contribution in [0.15, 0.2) is 0 Å². The maximum absolute atomic E-state index is 11.1. The molecule has 1 fully saturated rings. The molecular formula is C16H33N3O. The Kier molecular flexibility index (Phi) is 6.02. The van der Waals surface area contributed by atoms with Crippen molar-refractivity contribution >= 4 is 5.91 Å². The summed E-state index contributed by atoms with van der Waals surface area (Å²) in [7, 11) is 2.22. The zero-order valence-corrected chi connectivity index (χ0v) is 13.7. The third-order valence-corrected chi connectivity index (χ3v) is 4.95. The summed E-state index contributed by atoms with van der Waals surface area (Å²) in [5, 5.41) is 0. The maximum atomic E-state index is 11.1. The van der Waals surface area contributed by atoms with Gasteiger partial charge in [-0.25, -0.2) is 0 Å². The van der Waals surface area contributed by atoms with Crippen molar-refractivity contribution in [1.82, 2.24) is 4.90 Å². The van der Waals surface area contributed by atoms with Crippen LogP contribution in [-0.2, 0) is 4.79 Å². The van der Waals surface area contributed by atoms with Crippen molar-refractivity contribution in [2.24, 2.45) is 16.9 Å². The molecule has 1 atom stereocenters. The van der Waals surface area contributed by atoms with Crippen molar-refractivity contribution < 1.29 is 4.79 Å². The van der Waals surface area contributed by atoms with Gasteiger partial charge in [0.15, 0.2) is 0 Å². The zero-order chi connectivity index (χ0) is 15.4. The van der Waals surface area contributed by atoms with Crippen LogP contribution in [0.5, 0.6) is 0 Å². The van der Waals surface area contributed by atoms with E-state index in [4.69, 9.17) is 11.5 Å². The monoisotopic (exact) mass is 283 g/mol. The van der Waals surface area contributed by atoms with Crippen LogP contribution in [0.1, 0.15) is 65.7 Å². The van der Waals surface area contributed by atoms with Gasteiger partial charge in [0.25, 0.3) is 0 Å². The summed E-state index contributed by atoms with van der Waals surface area (Å²) in [6.07, 6.45) is 7.97. The van der Waals surface area contributed by atoms with E-state index >= 15 is 0 Å². The molecule has 1 amide bonds. The summed E-state index contributed by atoms with van der Waals surface area (Å²) in [6.45, 7) is 7.55. The fourth-order valence-corrected chi connectivity index (χ4v) is 2.98. The molecule has 1 aliphatic carbocycles. The van der Waals surface area contributed by atoms with Crippen LogP contribution in [0.25, 0.3) is 0 Å². The Labute approximate surface area is 124 Å². The molecule has 20 heavy (non-hydrogen) atoms. The molecule has 118 valence electrons. The summed E-state index contributed by atoms with van der Waals surface area (Å²) in [6, 6.07) is 0.725. The van der Waals surface area contributed by atoms with E-state index in [9.17, 15) is 4.79 Å². The number of rotatable bonds is 7. The first kappa shape index (κ1) is 17.4. The molecule has 1 saturated carbocycles. The summed E-state index contributed by atoms with van der Waals surface area (Å²) in [5.41, 5.74) is 10.8. The lowest BCUT2D eigenvalue weighted by molar-refractivity contribution is -0.122. The molecular weight excluding hydrogens is 250 g/mol. The van der Waals surface area contributed by atoms with Crippen LogP contribution in [-0.4, -0.2) is 36.0 Å². The highest BCUT2D eigenvalue weighted by Gasteiger charge is 2.29. The van der Waals surface area contributed by atoms with Crippen LogP contribution < -0.4 is 11.5 Å². The van der Waals surface area contributed by atoms with Crippen LogP contribution in [0, 0.1) is 5.41 Å². The van der Waals surface area contributed by atoms with E-state index in [1.807, 2.05) is 0 Å². The van der Waals surface area contributed by atoms with E-state index in [0.717, 1.165) is 25.4 Å². The van der Waals surface area contributed by atoms with E-state index < -0.39 is 11.4 Å². The number of nitrogens with two attached hydrogens (primary N) is 2. The van der Waals surface area contributed by atoms with E-state index in [1.54, 1.807) is 6.92 Å². The second-order valence-electron chi connectivity index (χ2n) is 7.61. The number of hydrogen-bond acceptors (Lipinski definition) is 3. The minimum atomic E-state index is -0.854. The predicted molar refractivity (Wildman–Crippen MR) is 84.3 cm³/mol. The van der Waals surface area contributed by atoms with Gasteiger partial charge in [-0.05, 0) is 70.9 Å². The molecule has 4 heteroatoms. The highest BCUT2D eigenvalue weighted by atomic mass is 16.1. The number of nitrogens with zero attached hydrogens (tertiary/aromatic N) is 1. The predicted octanol–water partition coefficient (Wildman–Crippen LogP) is 2.26. The zero-order valence-electron chi connectivity index (χ0n) is 13.7. The Hall–Kier alpha value is -0.610. The van der Waals surface area contributed by atoms with Gasteiger partial charge in [0.1, 0.15) is 0 Å². The quantitative estimate of drug-likeness (QED) is 0.704. The molecule has 0 spiro atoms. The molecule has 0 aromatic carbocycles. The molecule has 1 rings (SSSR count). The molecule has 0 aromatic rings. The second kappa shape index (κ2) is 6.90. The first-order chi connectivity index (χ1) is 9.14. The molecule has 0 saturated heterocycles. The van der Waals surface area contributed by atoms with Gasteiger partial charge in [-0.3, -0.25) is 4.79 Å².